The molecule has 112 valence electrons. The first-order valence-corrected chi connectivity index (χ1v) is 7.60. The summed E-state index contributed by atoms with van der Waals surface area (Å²) in [7, 11) is 1.91. The lowest BCUT2D eigenvalue weighted by molar-refractivity contribution is 0.473. The molecule has 0 amide bonds. The Labute approximate surface area is 132 Å². The standard InChI is InChI=1S/C18H22ClNO/c1-12(2)17-7-6-16(9-13(17)3)21-18-8-5-15(19)10-14(18)11-20-4/h5-10,12,20H,11H2,1-4H3. The number of rotatable bonds is 5. The van der Waals surface area contributed by atoms with Crippen LogP contribution < -0.4 is 10.1 Å². The Balaban J connectivity index is 2.28. The van der Waals surface area contributed by atoms with Gasteiger partial charge in [-0.1, -0.05) is 31.5 Å². The molecule has 0 saturated carbocycles. The number of halogens is 1. The van der Waals surface area contributed by atoms with Crippen LogP contribution in [-0.2, 0) is 6.54 Å². The Kier molecular flexibility index (Phi) is 5.27. The summed E-state index contributed by atoms with van der Waals surface area (Å²) in [6, 6.07) is 12.0. The van der Waals surface area contributed by atoms with E-state index in [1.165, 1.54) is 11.1 Å². The molecule has 0 atom stereocenters. The molecule has 2 nitrogen and oxygen atoms in total. The van der Waals surface area contributed by atoms with E-state index in [1.807, 2.05) is 31.3 Å². The lowest BCUT2D eigenvalue weighted by Gasteiger charge is -2.14. The summed E-state index contributed by atoms with van der Waals surface area (Å²) in [4.78, 5) is 0. The highest BCUT2D eigenvalue weighted by Crippen LogP contribution is 2.30. The van der Waals surface area contributed by atoms with Crippen LogP contribution in [0.15, 0.2) is 36.4 Å². The fourth-order valence-electron chi connectivity index (χ4n) is 2.46. The second-order valence-corrected chi connectivity index (χ2v) is 5.99. The van der Waals surface area contributed by atoms with Gasteiger partial charge in [0.15, 0.2) is 0 Å². The van der Waals surface area contributed by atoms with Crippen molar-refractivity contribution in [3.05, 3.63) is 58.1 Å². The monoisotopic (exact) mass is 303 g/mol. The van der Waals surface area contributed by atoms with Crippen molar-refractivity contribution in [2.24, 2.45) is 0 Å². The smallest absolute Gasteiger partial charge is 0.132 e. The molecule has 0 radical (unpaired) electrons. The molecule has 0 fully saturated rings. The van der Waals surface area contributed by atoms with E-state index in [0.29, 0.717) is 5.92 Å². The lowest BCUT2D eigenvalue weighted by Crippen LogP contribution is -2.06. The summed E-state index contributed by atoms with van der Waals surface area (Å²) in [5.74, 6) is 2.22. The first-order chi connectivity index (χ1) is 10.0. The van der Waals surface area contributed by atoms with Gasteiger partial charge in [0.1, 0.15) is 11.5 Å². The number of nitrogens with one attached hydrogen (secondary N) is 1. The second kappa shape index (κ2) is 6.97. The van der Waals surface area contributed by atoms with Crippen LogP contribution in [0.4, 0.5) is 0 Å². The molecule has 3 heteroatoms. The maximum Gasteiger partial charge on any atom is 0.132 e. The minimum atomic E-state index is 0.523. The van der Waals surface area contributed by atoms with E-state index in [9.17, 15) is 0 Å². The van der Waals surface area contributed by atoms with Crippen LogP contribution in [0, 0.1) is 6.92 Å². The molecule has 0 spiro atoms. The number of ether oxygens (including phenoxy) is 1. The highest BCUT2D eigenvalue weighted by molar-refractivity contribution is 6.30. The van der Waals surface area contributed by atoms with E-state index in [4.69, 9.17) is 16.3 Å². The van der Waals surface area contributed by atoms with E-state index in [1.54, 1.807) is 0 Å². The highest BCUT2D eigenvalue weighted by Gasteiger charge is 2.08. The van der Waals surface area contributed by atoms with Crippen molar-refractivity contribution in [1.29, 1.82) is 0 Å². The quantitative estimate of drug-likeness (QED) is 0.811. The third-order valence-corrected chi connectivity index (χ3v) is 3.72. The molecule has 1 N–H and O–H groups in total. The molecule has 0 aromatic heterocycles. The van der Waals surface area contributed by atoms with E-state index in [2.05, 4.69) is 38.2 Å². The third-order valence-electron chi connectivity index (χ3n) is 3.48. The van der Waals surface area contributed by atoms with Gasteiger partial charge in [0, 0.05) is 17.1 Å². The Bertz CT molecular complexity index is 623. The zero-order valence-corrected chi connectivity index (χ0v) is 13.8. The van der Waals surface area contributed by atoms with E-state index < -0.39 is 0 Å². The SMILES string of the molecule is CNCc1cc(Cl)ccc1Oc1ccc(C(C)C)c(C)c1. The van der Waals surface area contributed by atoms with Crippen molar-refractivity contribution in [2.75, 3.05) is 7.05 Å². The van der Waals surface area contributed by atoms with Gasteiger partial charge in [0.2, 0.25) is 0 Å². The van der Waals surface area contributed by atoms with Crippen molar-refractivity contribution in [2.45, 2.75) is 33.2 Å². The van der Waals surface area contributed by atoms with Gasteiger partial charge in [0.25, 0.3) is 0 Å². The second-order valence-electron chi connectivity index (χ2n) is 5.56. The van der Waals surface area contributed by atoms with Gasteiger partial charge in [-0.3, -0.25) is 0 Å². The molecule has 0 aliphatic heterocycles. The van der Waals surface area contributed by atoms with Crippen LogP contribution in [-0.4, -0.2) is 7.05 Å². The van der Waals surface area contributed by atoms with Gasteiger partial charge in [-0.2, -0.15) is 0 Å². The van der Waals surface area contributed by atoms with Crippen molar-refractivity contribution < 1.29 is 4.74 Å². The van der Waals surface area contributed by atoms with Crippen LogP contribution in [0.5, 0.6) is 11.5 Å². The Morgan fingerprint density at radius 1 is 1.14 bits per heavy atom. The van der Waals surface area contributed by atoms with Crippen molar-refractivity contribution in [3.63, 3.8) is 0 Å². The van der Waals surface area contributed by atoms with Gasteiger partial charge < -0.3 is 10.1 Å². The predicted molar refractivity (Wildman–Crippen MR) is 89.6 cm³/mol. The molecule has 2 aromatic rings. The number of benzene rings is 2. The molecule has 0 bridgehead atoms. The maximum atomic E-state index is 6.05. The molecule has 0 saturated heterocycles. The molecule has 0 aliphatic carbocycles. The van der Waals surface area contributed by atoms with Crippen LogP contribution in [0.3, 0.4) is 0 Å². The van der Waals surface area contributed by atoms with E-state index in [-0.39, 0.29) is 0 Å². The maximum absolute atomic E-state index is 6.05. The molecule has 2 rings (SSSR count). The summed E-state index contributed by atoms with van der Waals surface area (Å²) < 4.78 is 6.03. The molecular formula is C18H22ClNO. The summed E-state index contributed by atoms with van der Waals surface area (Å²) in [6.07, 6.45) is 0. The molecule has 21 heavy (non-hydrogen) atoms. The first-order valence-electron chi connectivity index (χ1n) is 7.22. The van der Waals surface area contributed by atoms with Gasteiger partial charge >= 0.3 is 0 Å². The summed E-state index contributed by atoms with van der Waals surface area (Å²) in [5, 5.41) is 3.86. The van der Waals surface area contributed by atoms with Gasteiger partial charge in [-0.15, -0.1) is 0 Å². The minimum absolute atomic E-state index is 0.523. The molecule has 0 heterocycles. The zero-order valence-electron chi connectivity index (χ0n) is 13.0. The van der Waals surface area contributed by atoms with Crippen LogP contribution in [0.25, 0.3) is 0 Å². The van der Waals surface area contributed by atoms with Gasteiger partial charge in [-0.05, 0) is 61.3 Å². The normalized spacial score (nSPS) is 11.0. The molecule has 0 aliphatic rings. The Hall–Kier alpha value is -1.51. The van der Waals surface area contributed by atoms with Gasteiger partial charge in [-0.25, -0.2) is 0 Å². The number of hydrogen-bond acceptors (Lipinski definition) is 2. The summed E-state index contributed by atoms with van der Waals surface area (Å²) >= 11 is 6.05. The van der Waals surface area contributed by atoms with Crippen LogP contribution in [0.1, 0.15) is 36.5 Å². The van der Waals surface area contributed by atoms with Crippen molar-refractivity contribution >= 4 is 11.6 Å². The minimum Gasteiger partial charge on any atom is -0.457 e. The van der Waals surface area contributed by atoms with Crippen LogP contribution in [0.2, 0.25) is 5.02 Å². The van der Waals surface area contributed by atoms with E-state index in [0.717, 1.165) is 28.6 Å². The first kappa shape index (κ1) is 15.9. The van der Waals surface area contributed by atoms with E-state index >= 15 is 0 Å². The predicted octanol–water partition coefficient (Wildman–Crippen LogP) is 5.28. The molecular weight excluding hydrogens is 282 g/mol. The molecule has 2 aromatic carbocycles. The summed E-state index contributed by atoms with van der Waals surface area (Å²) in [6.45, 7) is 7.25. The van der Waals surface area contributed by atoms with Crippen LogP contribution >= 0.6 is 11.6 Å². The van der Waals surface area contributed by atoms with Crippen molar-refractivity contribution in [1.82, 2.24) is 5.32 Å². The lowest BCUT2D eigenvalue weighted by atomic mass is 9.98. The van der Waals surface area contributed by atoms with Crippen molar-refractivity contribution in [3.8, 4) is 11.5 Å². The highest BCUT2D eigenvalue weighted by atomic mass is 35.5. The average molecular weight is 304 g/mol. The zero-order chi connectivity index (χ0) is 15.4. The average Bonchev–Trinajstić information content (AvgIpc) is 2.42. The number of aryl methyl sites for hydroxylation is 1. The van der Waals surface area contributed by atoms with Gasteiger partial charge in [0.05, 0.1) is 0 Å². The Morgan fingerprint density at radius 3 is 2.52 bits per heavy atom. The fourth-order valence-corrected chi connectivity index (χ4v) is 2.66. The topological polar surface area (TPSA) is 21.3 Å². The molecule has 0 unspecified atom stereocenters. The fraction of sp³-hybridized carbons (Fsp3) is 0.333. The third kappa shape index (κ3) is 3.99. The largest absolute Gasteiger partial charge is 0.457 e. The number of hydrogen-bond donors (Lipinski definition) is 1. The Morgan fingerprint density at radius 2 is 1.90 bits per heavy atom. The summed E-state index contributed by atoms with van der Waals surface area (Å²) in [5.41, 5.74) is 3.66.